The molecule has 0 unspecified atom stereocenters. The van der Waals surface area contributed by atoms with Crippen LogP contribution in [0.5, 0.6) is 0 Å². The molecule has 0 N–H and O–H groups in total. The molecule has 0 aliphatic carbocycles. The van der Waals surface area contributed by atoms with Crippen molar-refractivity contribution in [2.75, 3.05) is 12.3 Å². The number of amides is 3. The summed E-state index contributed by atoms with van der Waals surface area (Å²) >= 11 is 2.77. The molecule has 2 aliphatic rings. The second-order valence-electron chi connectivity index (χ2n) is 6.08. The average molecular weight is 372 g/mol. The molecule has 1 aromatic carbocycles. The van der Waals surface area contributed by atoms with Gasteiger partial charge in [-0.3, -0.25) is 19.3 Å². The molecule has 0 atom stereocenters. The number of carbonyl (C=O) groups is 3. The highest BCUT2D eigenvalue weighted by molar-refractivity contribution is 8.14. The highest BCUT2D eigenvalue weighted by atomic mass is 32.2. The lowest BCUT2D eigenvalue weighted by Gasteiger charge is -2.27. The Labute approximate surface area is 153 Å². The first-order valence-electron chi connectivity index (χ1n) is 8.02. The lowest BCUT2D eigenvalue weighted by atomic mass is 10.1. The molecule has 0 spiro atoms. The fraction of sp³-hybridized carbons (Fsp3) is 0.278. The van der Waals surface area contributed by atoms with Crippen molar-refractivity contribution in [3.8, 4) is 0 Å². The van der Waals surface area contributed by atoms with Gasteiger partial charge < -0.3 is 4.90 Å². The standard InChI is InChI=1S/C18H16N2O3S2/c21-16-11-25-18(23)20(16)9-12-2-1-3-13(8-12)17(22)19-6-4-15-14(10-19)5-7-24-15/h1-3,5,7-8H,4,6,9-11H2. The van der Waals surface area contributed by atoms with Crippen molar-refractivity contribution in [1.82, 2.24) is 9.80 Å². The Morgan fingerprint density at radius 2 is 2.08 bits per heavy atom. The van der Waals surface area contributed by atoms with Crippen LogP contribution in [-0.2, 0) is 24.3 Å². The summed E-state index contributed by atoms with van der Waals surface area (Å²) in [6.07, 6.45) is 0.895. The van der Waals surface area contributed by atoms with Crippen LogP contribution in [-0.4, -0.2) is 39.2 Å². The number of thioether (sulfide) groups is 1. The van der Waals surface area contributed by atoms with Crippen LogP contribution in [0.3, 0.4) is 0 Å². The fourth-order valence-electron chi connectivity index (χ4n) is 3.12. The van der Waals surface area contributed by atoms with E-state index in [9.17, 15) is 14.4 Å². The summed E-state index contributed by atoms with van der Waals surface area (Å²) in [4.78, 5) is 40.8. The van der Waals surface area contributed by atoms with Crippen molar-refractivity contribution < 1.29 is 14.4 Å². The predicted octanol–water partition coefficient (Wildman–Crippen LogP) is 3.14. The smallest absolute Gasteiger partial charge is 0.289 e. The molecule has 2 aromatic rings. The molecule has 128 valence electrons. The monoisotopic (exact) mass is 372 g/mol. The molecule has 1 aromatic heterocycles. The highest BCUT2D eigenvalue weighted by Crippen LogP contribution is 2.26. The topological polar surface area (TPSA) is 57.7 Å². The number of nitrogens with zero attached hydrogens (tertiary/aromatic N) is 2. The van der Waals surface area contributed by atoms with E-state index in [4.69, 9.17) is 0 Å². The molecule has 4 rings (SSSR count). The number of benzene rings is 1. The Morgan fingerprint density at radius 3 is 2.88 bits per heavy atom. The highest BCUT2D eigenvalue weighted by Gasteiger charge is 2.30. The van der Waals surface area contributed by atoms with Crippen LogP contribution in [0, 0.1) is 0 Å². The van der Waals surface area contributed by atoms with Crippen LogP contribution in [0.2, 0.25) is 0 Å². The molecule has 0 saturated carbocycles. The van der Waals surface area contributed by atoms with Crippen molar-refractivity contribution in [2.24, 2.45) is 0 Å². The van der Waals surface area contributed by atoms with Crippen molar-refractivity contribution in [2.45, 2.75) is 19.5 Å². The second kappa shape index (κ2) is 6.65. The van der Waals surface area contributed by atoms with E-state index in [1.54, 1.807) is 29.5 Å². The van der Waals surface area contributed by atoms with Gasteiger partial charge in [-0.05, 0) is 41.1 Å². The zero-order valence-electron chi connectivity index (χ0n) is 13.4. The van der Waals surface area contributed by atoms with Gasteiger partial charge in [0.05, 0.1) is 12.3 Å². The maximum Gasteiger partial charge on any atom is 0.289 e. The summed E-state index contributed by atoms with van der Waals surface area (Å²) in [6, 6.07) is 9.30. The molecular formula is C18H16N2O3S2. The van der Waals surface area contributed by atoms with E-state index in [-0.39, 0.29) is 29.4 Å². The molecule has 7 heteroatoms. The Bertz CT molecular complexity index is 846. The molecule has 1 fully saturated rings. The Kier molecular flexibility index (Phi) is 4.35. The minimum Gasteiger partial charge on any atom is -0.334 e. The van der Waals surface area contributed by atoms with Crippen LogP contribution in [0.15, 0.2) is 35.7 Å². The van der Waals surface area contributed by atoms with Gasteiger partial charge in [0.1, 0.15) is 0 Å². The number of rotatable bonds is 3. The Morgan fingerprint density at radius 1 is 1.20 bits per heavy atom. The molecule has 25 heavy (non-hydrogen) atoms. The minimum atomic E-state index is -0.220. The third kappa shape index (κ3) is 3.21. The zero-order chi connectivity index (χ0) is 17.4. The first-order valence-corrected chi connectivity index (χ1v) is 9.89. The Hall–Kier alpha value is -2.12. The molecule has 0 radical (unpaired) electrons. The number of hydrogen-bond donors (Lipinski definition) is 0. The van der Waals surface area contributed by atoms with Gasteiger partial charge in [0.2, 0.25) is 5.91 Å². The number of fused-ring (bicyclic) bond motifs is 1. The van der Waals surface area contributed by atoms with E-state index in [2.05, 4.69) is 11.4 Å². The van der Waals surface area contributed by atoms with Gasteiger partial charge in [0.25, 0.3) is 11.1 Å². The van der Waals surface area contributed by atoms with Gasteiger partial charge in [-0.2, -0.15) is 0 Å². The molecule has 2 aliphatic heterocycles. The van der Waals surface area contributed by atoms with Crippen LogP contribution in [0.4, 0.5) is 4.79 Å². The van der Waals surface area contributed by atoms with Crippen molar-refractivity contribution >= 4 is 40.2 Å². The van der Waals surface area contributed by atoms with E-state index in [0.717, 1.165) is 30.3 Å². The third-order valence-corrected chi connectivity index (χ3v) is 6.33. The summed E-state index contributed by atoms with van der Waals surface area (Å²) in [6.45, 7) is 1.58. The SMILES string of the molecule is O=C(c1cccc(CN2C(=O)CSC2=O)c1)N1CCc2sccc2C1. The molecule has 3 heterocycles. The normalized spacial score (nSPS) is 17.1. The molecule has 5 nitrogen and oxygen atoms in total. The summed E-state index contributed by atoms with van der Waals surface area (Å²) in [5.74, 6) is 0.0219. The van der Waals surface area contributed by atoms with Crippen LogP contribution >= 0.6 is 23.1 Å². The van der Waals surface area contributed by atoms with E-state index in [0.29, 0.717) is 12.1 Å². The summed E-state index contributed by atoms with van der Waals surface area (Å²) in [7, 11) is 0. The van der Waals surface area contributed by atoms with Crippen molar-refractivity contribution in [1.29, 1.82) is 0 Å². The van der Waals surface area contributed by atoms with Gasteiger partial charge in [0, 0.05) is 23.5 Å². The third-order valence-electron chi connectivity index (χ3n) is 4.45. The molecule has 0 bridgehead atoms. The summed E-state index contributed by atoms with van der Waals surface area (Å²) in [5, 5.41) is 1.85. The van der Waals surface area contributed by atoms with Crippen LogP contribution in [0.1, 0.15) is 26.4 Å². The second-order valence-corrected chi connectivity index (χ2v) is 8.01. The molecule has 3 amide bonds. The lowest BCUT2D eigenvalue weighted by Crippen LogP contribution is -2.35. The van der Waals surface area contributed by atoms with Crippen molar-refractivity contribution in [3.05, 3.63) is 57.3 Å². The fourth-order valence-corrected chi connectivity index (χ4v) is 4.74. The van der Waals surface area contributed by atoms with Gasteiger partial charge >= 0.3 is 0 Å². The maximum absolute atomic E-state index is 12.8. The minimum absolute atomic E-state index is 0.00727. The van der Waals surface area contributed by atoms with Crippen LogP contribution < -0.4 is 0 Å². The van der Waals surface area contributed by atoms with E-state index < -0.39 is 0 Å². The molecule has 1 saturated heterocycles. The van der Waals surface area contributed by atoms with Gasteiger partial charge in [-0.15, -0.1) is 11.3 Å². The van der Waals surface area contributed by atoms with Crippen LogP contribution in [0.25, 0.3) is 0 Å². The zero-order valence-corrected chi connectivity index (χ0v) is 15.1. The van der Waals surface area contributed by atoms with Gasteiger partial charge in [-0.1, -0.05) is 23.9 Å². The largest absolute Gasteiger partial charge is 0.334 e. The number of hydrogen-bond acceptors (Lipinski definition) is 5. The van der Waals surface area contributed by atoms with Gasteiger partial charge in [-0.25, -0.2) is 0 Å². The van der Waals surface area contributed by atoms with Gasteiger partial charge in [0.15, 0.2) is 0 Å². The average Bonchev–Trinajstić information content (AvgIpc) is 3.22. The lowest BCUT2D eigenvalue weighted by molar-refractivity contribution is -0.125. The predicted molar refractivity (Wildman–Crippen MR) is 97.6 cm³/mol. The van der Waals surface area contributed by atoms with Crippen molar-refractivity contribution in [3.63, 3.8) is 0 Å². The van der Waals surface area contributed by atoms with E-state index in [1.165, 1.54) is 15.3 Å². The maximum atomic E-state index is 12.8. The Balaban J connectivity index is 1.50. The summed E-state index contributed by atoms with van der Waals surface area (Å²) < 4.78 is 0. The quantitative estimate of drug-likeness (QED) is 0.831. The first-order chi connectivity index (χ1) is 12.1. The number of imide groups is 1. The summed E-state index contributed by atoms with van der Waals surface area (Å²) in [5.41, 5.74) is 2.62. The number of carbonyl (C=O) groups excluding carboxylic acids is 3. The molecular weight excluding hydrogens is 356 g/mol. The van der Waals surface area contributed by atoms with E-state index in [1.807, 2.05) is 11.0 Å². The van der Waals surface area contributed by atoms with E-state index >= 15 is 0 Å². The number of thiophene rings is 1. The first kappa shape index (κ1) is 16.4.